The molecule has 2 aliphatic heterocycles. The number of thiazole rings is 1. The second-order valence-corrected chi connectivity index (χ2v) is 11.9. The molecule has 3 heterocycles. The summed E-state index contributed by atoms with van der Waals surface area (Å²) in [6.45, 7) is 10.6. The van der Waals surface area contributed by atoms with Gasteiger partial charge in [0.25, 0.3) is 5.19 Å². The number of likely N-dealkylation sites (tertiary alicyclic amines) is 2. The third-order valence-corrected chi connectivity index (χ3v) is 8.12. The first-order chi connectivity index (χ1) is 16.8. The third-order valence-electron chi connectivity index (χ3n) is 7.20. The SMILES string of the molecule is CC(C)(C)OC(=O)N1CCC2(CCN(Cc3ccc(Oc4nc5ccccc5s4)cc3)CC2)CC1. The zero-order valence-electron chi connectivity index (χ0n) is 21.0. The van der Waals surface area contributed by atoms with Gasteiger partial charge in [0.15, 0.2) is 0 Å². The second-order valence-electron chi connectivity index (χ2n) is 10.9. The van der Waals surface area contributed by atoms with Gasteiger partial charge in [-0.1, -0.05) is 35.6 Å². The van der Waals surface area contributed by atoms with Crippen molar-refractivity contribution < 1.29 is 14.3 Å². The van der Waals surface area contributed by atoms with E-state index in [0.29, 0.717) is 10.6 Å². The lowest BCUT2D eigenvalue weighted by Crippen LogP contribution is -2.49. The van der Waals surface area contributed by atoms with Crippen LogP contribution < -0.4 is 4.74 Å². The molecular weight excluding hydrogens is 458 g/mol. The number of fused-ring (bicyclic) bond motifs is 1. The number of amides is 1. The molecule has 0 saturated carbocycles. The summed E-state index contributed by atoms with van der Waals surface area (Å²) in [4.78, 5) is 21.4. The Hall–Kier alpha value is -2.64. The van der Waals surface area contributed by atoms with Crippen LogP contribution in [0.2, 0.25) is 0 Å². The minimum atomic E-state index is -0.433. The monoisotopic (exact) mass is 493 g/mol. The minimum absolute atomic E-state index is 0.166. The van der Waals surface area contributed by atoms with Crippen LogP contribution in [0.25, 0.3) is 10.2 Å². The van der Waals surface area contributed by atoms with Gasteiger partial charge in [0.2, 0.25) is 0 Å². The third kappa shape index (κ3) is 5.96. The fourth-order valence-corrected chi connectivity index (χ4v) is 5.93. The standard InChI is InChI=1S/C28H35N3O3S/c1-27(2,3)34-26(32)31-18-14-28(15-19-31)12-16-30(17-13-28)20-21-8-10-22(11-9-21)33-25-29-23-6-4-5-7-24(23)35-25/h4-11H,12-20H2,1-3H3. The van der Waals surface area contributed by atoms with Crippen molar-refractivity contribution in [2.24, 2.45) is 5.41 Å². The molecule has 2 aromatic carbocycles. The number of carbonyl (C=O) groups is 1. The van der Waals surface area contributed by atoms with Crippen molar-refractivity contribution in [2.45, 2.75) is 58.6 Å². The van der Waals surface area contributed by atoms with Gasteiger partial charge in [0, 0.05) is 19.6 Å². The quantitative estimate of drug-likeness (QED) is 0.405. The van der Waals surface area contributed by atoms with Crippen LogP contribution in [0.5, 0.6) is 10.9 Å². The second kappa shape index (κ2) is 9.78. The summed E-state index contributed by atoms with van der Waals surface area (Å²) in [6.07, 6.45) is 4.40. The molecule has 0 bridgehead atoms. The zero-order chi connectivity index (χ0) is 24.5. The predicted molar refractivity (Wildman–Crippen MR) is 140 cm³/mol. The van der Waals surface area contributed by atoms with Crippen molar-refractivity contribution in [3.05, 3.63) is 54.1 Å². The number of benzene rings is 2. The van der Waals surface area contributed by atoms with Crippen LogP contribution >= 0.6 is 11.3 Å². The molecule has 0 N–H and O–H groups in total. The topological polar surface area (TPSA) is 54.9 Å². The normalized spacial score (nSPS) is 18.7. The van der Waals surface area contributed by atoms with Gasteiger partial charge in [0.1, 0.15) is 11.4 Å². The van der Waals surface area contributed by atoms with Crippen molar-refractivity contribution in [3.8, 4) is 10.9 Å². The Balaban J connectivity index is 1.09. The number of nitrogens with zero attached hydrogens (tertiary/aromatic N) is 3. The molecule has 2 fully saturated rings. The Labute approximate surface area is 211 Å². The van der Waals surface area contributed by atoms with Gasteiger partial charge in [0.05, 0.1) is 10.2 Å². The number of hydrogen-bond acceptors (Lipinski definition) is 6. The summed E-state index contributed by atoms with van der Waals surface area (Å²) in [5.41, 5.74) is 2.22. The predicted octanol–water partition coefficient (Wildman–Crippen LogP) is 6.70. The summed E-state index contributed by atoms with van der Waals surface area (Å²) < 4.78 is 12.7. The lowest BCUT2D eigenvalue weighted by Gasteiger charge is -2.46. The molecule has 0 radical (unpaired) electrons. The molecule has 186 valence electrons. The molecule has 2 saturated heterocycles. The van der Waals surface area contributed by atoms with E-state index >= 15 is 0 Å². The number of piperidine rings is 2. The fourth-order valence-electron chi connectivity index (χ4n) is 5.09. The number of rotatable bonds is 4. The van der Waals surface area contributed by atoms with Crippen LogP contribution in [0.15, 0.2) is 48.5 Å². The Morgan fingerprint density at radius 2 is 1.63 bits per heavy atom. The maximum absolute atomic E-state index is 12.4. The van der Waals surface area contributed by atoms with Crippen LogP contribution in [-0.2, 0) is 11.3 Å². The number of ether oxygens (including phenoxy) is 2. The molecule has 1 aromatic heterocycles. The van der Waals surface area contributed by atoms with Crippen molar-refractivity contribution >= 4 is 27.6 Å². The van der Waals surface area contributed by atoms with Crippen molar-refractivity contribution in [1.29, 1.82) is 0 Å². The Morgan fingerprint density at radius 1 is 0.971 bits per heavy atom. The molecule has 35 heavy (non-hydrogen) atoms. The minimum Gasteiger partial charge on any atom is -0.444 e. The summed E-state index contributed by atoms with van der Waals surface area (Å²) >= 11 is 1.57. The van der Waals surface area contributed by atoms with Crippen LogP contribution in [0, 0.1) is 5.41 Å². The van der Waals surface area contributed by atoms with E-state index in [2.05, 4.69) is 28.1 Å². The summed E-state index contributed by atoms with van der Waals surface area (Å²) in [5.74, 6) is 0.821. The van der Waals surface area contributed by atoms with E-state index in [1.807, 2.05) is 56.0 Å². The molecule has 0 atom stereocenters. The van der Waals surface area contributed by atoms with Crippen molar-refractivity contribution in [1.82, 2.24) is 14.8 Å². The Morgan fingerprint density at radius 3 is 2.29 bits per heavy atom. The van der Waals surface area contributed by atoms with Gasteiger partial charge in [-0.25, -0.2) is 9.78 Å². The molecule has 3 aromatic rings. The first kappa shape index (κ1) is 24.1. The summed E-state index contributed by atoms with van der Waals surface area (Å²) in [5, 5.41) is 0.679. The first-order valence-electron chi connectivity index (χ1n) is 12.6. The average molecular weight is 494 g/mol. The van der Waals surface area contributed by atoms with E-state index in [0.717, 1.165) is 61.5 Å². The molecule has 1 spiro atoms. The van der Waals surface area contributed by atoms with Gasteiger partial charge < -0.3 is 14.4 Å². The molecule has 1 amide bonds. The van der Waals surface area contributed by atoms with E-state index < -0.39 is 5.60 Å². The van der Waals surface area contributed by atoms with E-state index in [1.54, 1.807) is 11.3 Å². The van der Waals surface area contributed by atoms with E-state index in [4.69, 9.17) is 9.47 Å². The Bertz CT molecular complexity index is 1120. The molecule has 6 nitrogen and oxygen atoms in total. The van der Waals surface area contributed by atoms with Crippen LogP contribution in [-0.4, -0.2) is 52.7 Å². The maximum Gasteiger partial charge on any atom is 0.410 e. The molecular formula is C28H35N3O3S. The number of carbonyl (C=O) groups excluding carboxylic acids is 1. The highest BCUT2D eigenvalue weighted by atomic mass is 32.1. The molecule has 0 aliphatic carbocycles. The highest BCUT2D eigenvalue weighted by Gasteiger charge is 2.39. The molecule has 2 aliphatic rings. The molecule has 5 rings (SSSR count). The number of hydrogen-bond donors (Lipinski definition) is 0. The van der Waals surface area contributed by atoms with Crippen LogP contribution in [0.1, 0.15) is 52.0 Å². The highest BCUT2D eigenvalue weighted by molar-refractivity contribution is 7.20. The van der Waals surface area contributed by atoms with E-state index in [9.17, 15) is 4.79 Å². The highest BCUT2D eigenvalue weighted by Crippen LogP contribution is 2.42. The number of aromatic nitrogens is 1. The van der Waals surface area contributed by atoms with E-state index in [1.165, 1.54) is 18.4 Å². The maximum atomic E-state index is 12.4. The summed E-state index contributed by atoms with van der Waals surface area (Å²) in [7, 11) is 0. The van der Waals surface area contributed by atoms with Gasteiger partial charge >= 0.3 is 6.09 Å². The fraction of sp³-hybridized carbons (Fsp3) is 0.500. The summed E-state index contributed by atoms with van der Waals surface area (Å²) in [6, 6.07) is 16.5. The van der Waals surface area contributed by atoms with Crippen LogP contribution in [0.4, 0.5) is 4.79 Å². The first-order valence-corrected chi connectivity index (χ1v) is 13.4. The van der Waals surface area contributed by atoms with Gasteiger partial charge in [-0.2, -0.15) is 0 Å². The van der Waals surface area contributed by atoms with Gasteiger partial charge in [-0.3, -0.25) is 4.90 Å². The Kier molecular flexibility index (Phi) is 6.73. The average Bonchev–Trinajstić information content (AvgIpc) is 3.24. The number of para-hydroxylation sites is 1. The lowest BCUT2D eigenvalue weighted by molar-refractivity contribution is -0.00311. The molecule has 0 unspecified atom stereocenters. The largest absolute Gasteiger partial charge is 0.444 e. The molecule has 7 heteroatoms. The smallest absolute Gasteiger partial charge is 0.410 e. The van der Waals surface area contributed by atoms with Crippen LogP contribution in [0.3, 0.4) is 0 Å². The lowest BCUT2D eigenvalue weighted by atomic mass is 9.71. The van der Waals surface area contributed by atoms with Gasteiger partial charge in [-0.05, 0) is 94.8 Å². The van der Waals surface area contributed by atoms with Crippen molar-refractivity contribution in [3.63, 3.8) is 0 Å². The van der Waals surface area contributed by atoms with E-state index in [-0.39, 0.29) is 6.09 Å². The van der Waals surface area contributed by atoms with Gasteiger partial charge in [-0.15, -0.1) is 0 Å². The van der Waals surface area contributed by atoms with Crippen molar-refractivity contribution in [2.75, 3.05) is 26.2 Å². The zero-order valence-corrected chi connectivity index (χ0v) is 21.8.